The van der Waals surface area contributed by atoms with Crippen LogP contribution in [0.4, 0.5) is 0 Å². The standard InChI is InChI=1S/C16H21ClN2O.ClH/c17-14-5-2-1-4-13(14)15-6-3-9-19(15)16(20)11-18-10-12-7-8-12;/h1-2,4-5,12,15,18H,3,6-11H2;1H. The third-order valence-corrected chi connectivity index (χ3v) is 4.59. The van der Waals surface area contributed by atoms with Gasteiger partial charge < -0.3 is 10.2 Å². The zero-order valence-corrected chi connectivity index (χ0v) is 13.6. The van der Waals surface area contributed by atoms with Crippen LogP contribution in [-0.4, -0.2) is 30.4 Å². The topological polar surface area (TPSA) is 32.3 Å². The predicted octanol–water partition coefficient (Wildman–Crippen LogP) is 3.42. The van der Waals surface area contributed by atoms with Crippen molar-refractivity contribution in [1.82, 2.24) is 10.2 Å². The van der Waals surface area contributed by atoms with E-state index in [1.165, 1.54) is 12.8 Å². The van der Waals surface area contributed by atoms with Gasteiger partial charge in [0, 0.05) is 11.6 Å². The Morgan fingerprint density at radius 1 is 1.29 bits per heavy atom. The number of carbonyl (C=O) groups excluding carboxylic acids is 1. The number of carbonyl (C=O) groups is 1. The van der Waals surface area contributed by atoms with Crippen molar-refractivity contribution in [2.45, 2.75) is 31.7 Å². The van der Waals surface area contributed by atoms with E-state index in [9.17, 15) is 4.79 Å². The number of hydrogen-bond acceptors (Lipinski definition) is 2. The molecule has 1 saturated carbocycles. The molecule has 2 fully saturated rings. The van der Waals surface area contributed by atoms with Gasteiger partial charge in [0.05, 0.1) is 12.6 Å². The molecule has 1 aliphatic heterocycles. The summed E-state index contributed by atoms with van der Waals surface area (Å²) < 4.78 is 0. The molecule has 3 rings (SSSR count). The molecule has 1 amide bonds. The smallest absolute Gasteiger partial charge is 0.237 e. The van der Waals surface area contributed by atoms with Gasteiger partial charge in [-0.2, -0.15) is 0 Å². The minimum atomic E-state index is 0. The number of nitrogens with one attached hydrogen (secondary N) is 1. The van der Waals surface area contributed by atoms with Gasteiger partial charge in [-0.3, -0.25) is 4.79 Å². The van der Waals surface area contributed by atoms with Gasteiger partial charge in [0.15, 0.2) is 0 Å². The van der Waals surface area contributed by atoms with E-state index < -0.39 is 0 Å². The quantitative estimate of drug-likeness (QED) is 0.898. The van der Waals surface area contributed by atoms with E-state index in [4.69, 9.17) is 11.6 Å². The second-order valence-corrected chi connectivity index (χ2v) is 6.25. The summed E-state index contributed by atoms with van der Waals surface area (Å²) in [6.07, 6.45) is 4.70. The molecule has 5 heteroatoms. The van der Waals surface area contributed by atoms with E-state index in [0.29, 0.717) is 6.54 Å². The van der Waals surface area contributed by atoms with E-state index in [-0.39, 0.29) is 24.4 Å². The first kappa shape index (κ1) is 16.6. The minimum absolute atomic E-state index is 0. The van der Waals surface area contributed by atoms with Crippen LogP contribution in [0.5, 0.6) is 0 Å². The molecule has 1 saturated heterocycles. The Bertz CT molecular complexity index is 491. The number of amides is 1. The number of likely N-dealkylation sites (tertiary alicyclic amines) is 1. The zero-order valence-electron chi connectivity index (χ0n) is 12.1. The lowest BCUT2D eigenvalue weighted by Gasteiger charge is -2.26. The van der Waals surface area contributed by atoms with Crippen molar-refractivity contribution in [3.63, 3.8) is 0 Å². The molecule has 116 valence electrons. The molecule has 1 N–H and O–H groups in total. The molecule has 2 aliphatic rings. The molecule has 1 aromatic rings. The van der Waals surface area contributed by atoms with Crippen molar-refractivity contribution >= 4 is 29.9 Å². The number of benzene rings is 1. The lowest BCUT2D eigenvalue weighted by Crippen LogP contribution is -2.38. The average molecular weight is 329 g/mol. The summed E-state index contributed by atoms with van der Waals surface area (Å²) >= 11 is 6.27. The number of hydrogen-bond donors (Lipinski definition) is 1. The highest BCUT2D eigenvalue weighted by Crippen LogP contribution is 2.35. The Labute approximate surface area is 137 Å². The predicted molar refractivity (Wildman–Crippen MR) is 88.0 cm³/mol. The summed E-state index contributed by atoms with van der Waals surface area (Å²) in [7, 11) is 0. The number of rotatable bonds is 5. The fraction of sp³-hybridized carbons (Fsp3) is 0.562. The highest BCUT2D eigenvalue weighted by Gasteiger charge is 2.31. The molecule has 3 nitrogen and oxygen atoms in total. The van der Waals surface area contributed by atoms with E-state index in [1.807, 2.05) is 29.2 Å². The van der Waals surface area contributed by atoms with Gasteiger partial charge in [-0.15, -0.1) is 12.4 Å². The van der Waals surface area contributed by atoms with Gasteiger partial charge in [-0.05, 0) is 49.8 Å². The van der Waals surface area contributed by atoms with Gasteiger partial charge >= 0.3 is 0 Å². The Morgan fingerprint density at radius 2 is 2.05 bits per heavy atom. The summed E-state index contributed by atoms with van der Waals surface area (Å²) in [5, 5.41) is 4.05. The fourth-order valence-corrected chi connectivity index (χ4v) is 3.20. The SMILES string of the molecule is Cl.O=C(CNCC1CC1)N1CCCC1c1ccccc1Cl. The van der Waals surface area contributed by atoms with Crippen molar-refractivity contribution in [2.75, 3.05) is 19.6 Å². The van der Waals surface area contributed by atoms with Gasteiger partial charge in [0.2, 0.25) is 5.91 Å². The van der Waals surface area contributed by atoms with E-state index in [0.717, 1.165) is 42.4 Å². The molecule has 0 radical (unpaired) electrons. The molecular formula is C16H22Cl2N2O. The second kappa shape index (κ2) is 7.48. The zero-order chi connectivity index (χ0) is 13.9. The molecule has 1 aliphatic carbocycles. The largest absolute Gasteiger partial charge is 0.334 e. The van der Waals surface area contributed by atoms with Crippen molar-refractivity contribution < 1.29 is 4.79 Å². The van der Waals surface area contributed by atoms with Gasteiger partial charge in [-0.25, -0.2) is 0 Å². The molecule has 0 aromatic heterocycles. The van der Waals surface area contributed by atoms with Crippen LogP contribution in [-0.2, 0) is 4.79 Å². The maximum absolute atomic E-state index is 12.4. The van der Waals surface area contributed by atoms with Crippen LogP contribution >= 0.6 is 24.0 Å². The molecule has 1 atom stereocenters. The van der Waals surface area contributed by atoms with Gasteiger partial charge in [0.1, 0.15) is 0 Å². The first-order valence-electron chi connectivity index (χ1n) is 7.50. The summed E-state index contributed by atoms with van der Waals surface area (Å²) in [6.45, 7) is 2.29. The summed E-state index contributed by atoms with van der Waals surface area (Å²) in [5.74, 6) is 1.01. The van der Waals surface area contributed by atoms with Crippen molar-refractivity contribution in [3.8, 4) is 0 Å². The Morgan fingerprint density at radius 3 is 2.76 bits per heavy atom. The van der Waals surface area contributed by atoms with Crippen molar-refractivity contribution in [3.05, 3.63) is 34.9 Å². The van der Waals surface area contributed by atoms with Crippen LogP contribution in [0.2, 0.25) is 5.02 Å². The molecule has 0 spiro atoms. The van der Waals surface area contributed by atoms with Gasteiger partial charge in [0.25, 0.3) is 0 Å². The third kappa shape index (κ3) is 4.12. The third-order valence-electron chi connectivity index (χ3n) is 4.24. The fourth-order valence-electron chi connectivity index (χ4n) is 2.94. The van der Waals surface area contributed by atoms with E-state index in [2.05, 4.69) is 5.32 Å². The molecule has 1 unspecified atom stereocenters. The van der Waals surface area contributed by atoms with Crippen LogP contribution in [0.15, 0.2) is 24.3 Å². The highest BCUT2D eigenvalue weighted by atomic mass is 35.5. The highest BCUT2D eigenvalue weighted by molar-refractivity contribution is 6.31. The van der Waals surface area contributed by atoms with Crippen molar-refractivity contribution in [2.24, 2.45) is 5.92 Å². The summed E-state index contributed by atoms with van der Waals surface area (Å²) in [5.41, 5.74) is 1.09. The van der Waals surface area contributed by atoms with E-state index in [1.54, 1.807) is 0 Å². The second-order valence-electron chi connectivity index (χ2n) is 5.84. The van der Waals surface area contributed by atoms with Crippen LogP contribution < -0.4 is 5.32 Å². The monoisotopic (exact) mass is 328 g/mol. The Hall–Kier alpha value is -0.770. The number of halogens is 2. The summed E-state index contributed by atoms with van der Waals surface area (Å²) in [6, 6.07) is 8.02. The normalized spacial score (nSPS) is 21.2. The lowest BCUT2D eigenvalue weighted by atomic mass is 10.0. The maximum atomic E-state index is 12.4. The van der Waals surface area contributed by atoms with Crippen LogP contribution in [0.25, 0.3) is 0 Å². The Kier molecular flexibility index (Phi) is 5.91. The molecule has 0 bridgehead atoms. The van der Waals surface area contributed by atoms with Crippen LogP contribution in [0.3, 0.4) is 0 Å². The maximum Gasteiger partial charge on any atom is 0.237 e. The van der Waals surface area contributed by atoms with E-state index >= 15 is 0 Å². The average Bonchev–Trinajstić information content (AvgIpc) is 3.14. The van der Waals surface area contributed by atoms with Crippen LogP contribution in [0, 0.1) is 5.92 Å². The first-order valence-corrected chi connectivity index (χ1v) is 7.88. The van der Waals surface area contributed by atoms with Crippen molar-refractivity contribution in [1.29, 1.82) is 0 Å². The van der Waals surface area contributed by atoms with Gasteiger partial charge in [-0.1, -0.05) is 29.8 Å². The lowest BCUT2D eigenvalue weighted by molar-refractivity contribution is -0.131. The first-order chi connectivity index (χ1) is 9.75. The molecule has 1 aromatic carbocycles. The number of nitrogens with zero attached hydrogens (tertiary/aromatic N) is 1. The summed E-state index contributed by atoms with van der Waals surface area (Å²) in [4.78, 5) is 14.3. The molecule has 1 heterocycles. The Balaban J connectivity index is 0.00000161. The van der Waals surface area contributed by atoms with Crippen LogP contribution in [0.1, 0.15) is 37.3 Å². The molecule has 21 heavy (non-hydrogen) atoms. The minimum Gasteiger partial charge on any atom is -0.334 e. The molecular weight excluding hydrogens is 307 g/mol.